The molecular formula is C20H21IN2O4. The fourth-order valence-corrected chi connectivity index (χ4v) is 5.12. The van der Waals surface area contributed by atoms with E-state index in [1.807, 2.05) is 26.0 Å². The zero-order chi connectivity index (χ0) is 19.1. The van der Waals surface area contributed by atoms with Crippen LogP contribution >= 0.6 is 22.6 Å². The van der Waals surface area contributed by atoms with Crippen LogP contribution in [-0.4, -0.2) is 36.3 Å². The van der Waals surface area contributed by atoms with E-state index >= 15 is 0 Å². The lowest BCUT2D eigenvalue weighted by atomic mass is 9.85. The number of carbonyl (C=O) groups is 2. The summed E-state index contributed by atoms with van der Waals surface area (Å²) in [7, 11) is 0. The Bertz CT molecular complexity index is 821. The molecule has 6 nitrogen and oxygen atoms in total. The van der Waals surface area contributed by atoms with E-state index in [-0.39, 0.29) is 35.5 Å². The van der Waals surface area contributed by atoms with E-state index in [0.29, 0.717) is 24.7 Å². The van der Waals surface area contributed by atoms with Gasteiger partial charge in [-0.3, -0.25) is 9.59 Å². The molecule has 1 aliphatic heterocycles. The number of ether oxygens (including phenoxy) is 2. The van der Waals surface area contributed by atoms with Gasteiger partial charge in [-0.05, 0) is 72.4 Å². The molecule has 0 spiro atoms. The second kappa shape index (κ2) is 7.26. The number of halogens is 1. The minimum Gasteiger partial charge on any atom is -0.490 e. The number of amides is 2. The van der Waals surface area contributed by atoms with Crippen molar-refractivity contribution in [2.45, 2.75) is 20.3 Å². The molecule has 0 radical (unpaired) electrons. The fraction of sp³-hybridized carbons (Fsp3) is 0.450. The lowest BCUT2D eigenvalue weighted by Crippen LogP contribution is -2.28. The molecule has 2 fully saturated rings. The molecule has 1 aromatic carbocycles. The van der Waals surface area contributed by atoms with E-state index in [4.69, 9.17) is 9.47 Å². The number of nitrogens with zero attached hydrogens (tertiary/aromatic N) is 2. The molecule has 4 rings (SSSR count). The first kappa shape index (κ1) is 18.5. The number of imide groups is 1. The Morgan fingerprint density at radius 1 is 1.11 bits per heavy atom. The average Bonchev–Trinajstić information content (AvgIpc) is 3.31. The van der Waals surface area contributed by atoms with Gasteiger partial charge >= 0.3 is 0 Å². The molecule has 2 amide bonds. The monoisotopic (exact) mass is 480 g/mol. The minimum atomic E-state index is -0.232. The van der Waals surface area contributed by atoms with E-state index in [1.165, 1.54) is 0 Å². The van der Waals surface area contributed by atoms with Crippen LogP contribution in [0.2, 0.25) is 0 Å². The van der Waals surface area contributed by atoms with Crippen molar-refractivity contribution in [2.24, 2.45) is 28.8 Å². The van der Waals surface area contributed by atoms with Crippen LogP contribution in [0.15, 0.2) is 29.4 Å². The molecule has 7 heteroatoms. The van der Waals surface area contributed by atoms with Gasteiger partial charge in [-0.1, -0.05) is 12.2 Å². The van der Waals surface area contributed by atoms with E-state index in [9.17, 15) is 9.59 Å². The Balaban J connectivity index is 1.58. The van der Waals surface area contributed by atoms with Gasteiger partial charge in [-0.25, -0.2) is 0 Å². The van der Waals surface area contributed by atoms with Gasteiger partial charge in [-0.2, -0.15) is 10.1 Å². The first-order valence-electron chi connectivity index (χ1n) is 9.24. The van der Waals surface area contributed by atoms with Crippen LogP contribution in [0.4, 0.5) is 0 Å². The average molecular weight is 480 g/mol. The summed E-state index contributed by atoms with van der Waals surface area (Å²) in [6, 6.07) is 3.71. The first-order valence-corrected chi connectivity index (χ1v) is 10.3. The van der Waals surface area contributed by atoms with E-state index < -0.39 is 0 Å². The summed E-state index contributed by atoms with van der Waals surface area (Å²) in [6.45, 7) is 4.88. The number of carbonyl (C=O) groups excluding carboxylic acids is 2. The SMILES string of the molecule is CCOc1cc(C=NN2C(=O)C3C4C=CC(C4)C3C2=O)cc(I)c1OCC. The molecule has 1 heterocycles. The largest absolute Gasteiger partial charge is 0.490 e. The highest BCUT2D eigenvalue weighted by molar-refractivity contribution is 14.1. The highest BCUT2D eigenvalue weighted by Crippen LogP contribution is 2.52. The maximum absolute atomic E-state index is 12.7. The number of rotatable bonds is 6. The van der Waals surface area contributed by atoms with Gasteiger partial charge in [0.2, 0.25) is 0 Å². The second-order valence-corrected chi connectivity index (χ2v) is 8.09. The molecule has 4 unspecified atom stereocenters. The molecule has 0 N–H and O–H groups in total. The second-order valence-electron chi connectivity index (χ2n) is 6.93. The van der Waals surface area contributed by atoms with Gasteiger partial charge in [0.25, 0.3) is 11.8 Å². The third-order valence-electron chi connectivity index (χ3n) is 5.39. The van der Waals surface area contributed by atoms with Gasteiger partial charge in [-0.15, -0.1) is 0 Å². The van der Waals surface area contributed by atoms with Gasteiger partial charge in [0.15, 0.2) is 11.5 Å². The molecule has 2 bridgehead atoms. The first-order chi connectivity index (χ1) is 13.0. The molecule has 1 saturated carbocycles. The molecule has 4 atom stereocenters. The van der Waals surface area contributed by atoms with Crippen molar-refractivity contribution in [3.63, 3.8) is 0 Å². The normalized spacial score (nSPS) is 28.5. The molecular weight excluding hydrogens is 459 g/mol. The van der Waals surface area contributed by atoms with Crippen molar-refractivity contribution in [1.29, 1.82) is 0 Å². The minimum absolute atomic E-state index is 0.177. The highest BCUT2D eigenvalue weighted by Gasteiger charge is 2.59. The lowest BCUT2D eigenvalue weighted by Gasteiger charge is -2.14. The van der Waals surface area contributed by atoms with E-state index in [2.05, 4.69) is 39.8 Å². The quantitative estimate of drug-likeness (QED) is 0.272. The van der Waals surface area contributed by atoms with Crippen molar-refractivity contribution >= 4 is 40.6 Å². The van der Waals surface area contributed by atoms with Gasteiger partial charge in [0.05, 0.1) is 34.8 Å². The smallest absolute Gasteiger partial charge is 0.254 e. The fourth-order valence-electron chi connectivity index (χ4n) is 4.33. The summed E-state index contributed by atoms with van der Waals surface area (Å²) >= 11 is 2.18. The molecule has 1 saturated heterocycles. The molecule has 142 valence electrons. The predicted octanol–water partition coefficient (Wildman–Crippen LogP) is 3.23. The van der Waals surface area contributed by atoms with Crippen LogP contribution in [0, 0.1) is 27.2 Å². The third-order valence-corrected chi connectivity index (χ3v) is 6.19. The topological polar surface area (TPSA) is 68.2 Å². The lowest BCUT2D eigenvalue weighted by molar-refractivity contribution is -0.140. The zero-order valence-corrected chi connectivity index (χ0v) is 17.4. The Morgan fingerprint density at radius 2 is 1.74 bits per heavy atom. The number of fused-ring (bicyclic) bond motifs is 5. The van der Waals surface area contributed by atoms with Gasteiger partial charge in [0.1, 0.15) is 0 Å². The summed E-state index contributed by atoms with van der Waals surface area (Å²) in [4.78, 5) is 25.4. The van der Waals surface area contributed by atoms with Crippen LogP contribution in [0.5, 0.6) is 11.5 Å². The number of benzene rings is 1. The van der Waals surface area contributed by atoms with E-state index in [1.54, 1.807) is 6.21 Å². The molecule has 1 aromatic rings. The maximum atomic E-state index is 12.7. The number of hydrazone groups is 1. The van der Waals surface area contributed by atoms with Crippen molar-refractivity contribution in [2.75, 3.05) is 13.2 Å². The number of hydrogen-bond donors (Lipinski definition) is 0. The molecule has 3 aliphatic rings. The summed E-state index contributed by atoms with van der Waals surface area (Å²) in [5, 5.41) is 5.30. The van der Waals surface area contributed by atoms with Crippen LogP contribution in [0.25, 0.3) is 0 Å². The Labute approximate surface area is 171 Å². The summed E-state index contributed by atoms with van der Waals surface area (Å²) in [5.74, 6) is 0.884. The Kier molecular flexibility index (Phi) is 4.96. The van der Waals surface area contributed by atoms with E-state index in [0.717, 1.165) is 20.6 Å². The Hall–Kier alpha value is -1.90. The predicted molar refractivity (Wildman–Crippen MR) is 109 cm³/mol. The van der Waals surface area contributed by atoms with Crippen molar-refractivity contribution in [3.05, 3.63) is 33.4 Å². The molecule has 2 aliphatic carbocycles. The van der Waals surface area contributed by atoms with Crippen molar-refractivity contribution in [3.8, 4) is 11.5 Å². The summed E-state index contributed by atoms with van der Waals surface area (Å²) in [5.41, 5.74) is 0.755. The number of hydrogen-bond acceptors (Lipinski definition) is 5. The third kappa shape index (κ3) is 3.05. The molecule has 0 aromatic heterocycles. The summed E-state index contributed by atoms with van der Waals surface area (Å²) < 4.78 is 12.2. The van der Waals surface area contributed by atoms with Gasteiger partial charge in [0, 0.05) is 0 Å². The van der Waals surface area contributed by atoms with Crippen LogP contribution in [0.1, 0.15) is 25.8 Å². The zero-order valence-electron chi connectivity index (χ0n) is 15.2. The Morgan fingerprint density at radius 3 is 2.33 bits per heavy atom. The van der Waals surface area contributed by atoms with Crippen molar-refractivity contribution in [1.82, 2.24) is 5.01 Å². The summed E-state index contributed by atoms with van der Waals surface area (Å²) in [6.07, 6.45) is 6.62. The molecule has 27 heavy (non-hydrogen) atoms. The van der Waals surface area contributed by atoms with Gasteiger partial charge < -0.3 is 9.47 Å². The van der Waals surface area contributed by atoms with Crippen LogP contribution in [0.3, 0.4) is 0 Å². The number of allylic oxidation sites excluding steroid dienone is 2. The highest BCUT2D eigenvalue weighted by atomic mass is 127. The maximum Gasteiger partial charge on any atom is 0.254 e. The standard InChI is InChI=1S/C20H21IN2O4/c1-3-26-15-8-11(7-14(21)18(15)27-4-2)10-22-23-19(24)16-12-5-6-13(9-12)17(16)20(23)25/h5-8,10,12-13,16-17H,3-4,9H2,1-2H3. The van der Waals surface area contributed by atoms with Crippen LogP contribution < -0.4 is 9.47 Å². The van der Waals surface area contributed by atoms with Crippen molar-refractivity contribution < 1.29 is 19.1 Å². The van der Waals surface area contributed by atoms with Crippen LogP contribution in [-0.2, 0) is 9.59 Å².